The van der Waals surface area contributed by atoms with Crippen LogP contribution in [0.4, 0.5) is 5.82 Å². The minimum atomic E-state index is 0.377. The van der Waals surface area contributed by atoms with Gasteiger partial charge < -0.3 is 10.2 Å². The van der Waals surface area contributed by atoms with Crippen LogP contribution in [0.1, 0.15) is 0 Å². The second-order valence-electron chi connectivity index (χ2n) is 2.53. The molecule has 0 fully saturated rings. The fourth-order valence-corrected chi connectivity index (χ4v) is 1.36. The van der Waals surface area contributed by atoms with Crippen LogP contribution in [-0.4, -0.2) is 4.98 Å². The highest BCUT2D eigenvalue weighted by Gasteiger charge is 2.10. The summed E-state index contributed by atoms with van der Waals surface area (Å²) in [6, 6.07) is 5.24. The SMILES string of the molecule is Nc1nccc(Cl)c1-c1ccco1. The molecule has 0 saturated carbocycles. The van der Waals surface area contributed by atoms with Gasteiger partial charge >= 0.3 is 0 Å². The van der Waals surface area contributed by atoms with Crippen LogP contribution in [0.15, 0.2) is 35.1 Å². The molecule has 2 aromatic rings. The molecular formula is C9H7ClN2O. The molecule has 2 N–H and O–H groups in total. The Hall–Kier alpha value is -1.48. The van der Waals surface area contributed by atoms with Crippen molar-refractivity contribution >= 4 is 17.4 Å². The number of nitrogens with zero attached hydrogens (tertiary/aromatic N) is 1. The molecule has 3 nitrogen and oxygen atoms in total. The molecule has 0 atom stereocenters. The molecular weight excluding hydrogens is 188 g/mol. The summed E-state index contributed by atoms with van der Waals surface area (Å²) in [4.78, 5) is 3.93. The second kappa shape index (κ2) is 3.11. The molecule has 4 heteroatoms. The van der Waals surface area contributed by atoms with Crippen LogP contribution in [0, 0.1) is 0 Å². The third-order valence-electron chi connectivity index (χ3n) is 1.70. The van der Waals surface area contributed by atoms with Gasteiger partial charge in [0, 0.05) is 6.20 Å². The molecule has 2 rings (SSSR count). The smallest absolute Gasteiger partial charge is 0.139 e. The van der Waals surface area contributed by atoms with E-state index in [1.165, 1.54) is 0 Å². The number of halogens is 1. The van der Waals surface area contributed by atoms with Gasteiger partial charge in [0.15, 0.2) is 0 Å². The fourth-order valence-electron chi connectivity index (χ4n) is 1.12. The van der Waals surface area contributed by atoms with Gasteiger partial charge in [0.25, 0.3) is 0 Å². The lowest BCUT2D eigenvalue weighted by Crippen LogP contribution is -1.93. The maximum Gasteiger partial charge on any atom is 0.139 e. The first kappa shape index (κ1) is 8.13. The molecule has 2 heterocycles. The lowest BCUT2D eigenvalue weighted by Gasteiger charge is -2.02. The maximum absolute atomic E-state index is 5.94. The number of nitrogens with two attached hydrogens (primary N) is 1. The van der Waals surface area contributed by atoms with Gasteiger partial charge in [0.2, 0.25) is 0 Å². The number of anilines is 1. The Kier molecular flexibility index (Phi) is 1.94. The Morgan fingerprint density at radius 2 is 2.23 bits per heavy atom. The highest BCUT2D eigenvalue weighted by molar-refractivity contribution is 6.33. The molecule has 2 aromatic heterocycles. The Morgan fingerprint density at radius 1 is 1.38 bits per heavy atom. The Morgan fingerprint density at radius 3 is 2.85 bits per heavy atom. The lowest BCUT2D eigenvalue weighted by atomic mass is 10.2. The number of nitrogen functional groups attached to an aromatic ring is 1. The summed E-state index contributed by atoms with van der Waals surface area (Å²) in [5.41, 5.74) is 6.30. The molecule has 13 heavy (non-hydrogen) atoms. The van der Waals surface area contributed by atoms with Gasteiger partial charge in [-0.05, 0) is 18.2 Å². The monoisotopic (exact) mass is 194 g/mol. The number of hydrogen-bond donors (Lipinski definition) is 1. The van der Waals surface area contributed by atoms with E-state index >= 15 is 0 Å². The van der Waals surface area contributed by atoms with Crippen molar-refractivity contribution < 1.29 is 4.42 Å². The van der Waals surface area contributed by atoms with E-state index in [1.807, 2.05) is 0 Å². The van der Waals surface area contributed by atoms with Crippen molar-refractivity contribution in [3.63, 3.8) is 0 Å². The zero-order chi connectivity index (χ0) is 9.26. The van der Waals surface area contributed by atoms with Crippen LogP contribution < -0.4 is 5.73 Å². The minimum Gasteiger partial charge on any atom is -0.464 e. The zero-order valence-electron chi connectivity index (χ0n) is 6.70. The van der Waals surface area contributed by atoms with Crippen molar-refractivity contribution in [2.45, 2.75) is 0 Å². The molecule has 0 radical (unpaired) electrons. The number of rotatable bonds is 1. The van der Waals surface area contributed by atoms with Crippen molar-refractivity contribution in [1.29, 1.82) is 0 Å². The maximum atomic E-state index is 5.94. The number of pyridine rings is 1. The van der Waals surface area contributed by atoms with Gasteiger partial charge in [-0.15, -0.1) is 0 Å². The predicted octanol–water partition coefficient (Wildman–Crippen LogP) is 2.58. The van der Waals surface area contributed by atoms with Crippen molar-refractivity contribution in [1.82, 2.24) is 4.98 Å². The summed E-state index contributed by atoms with van der Waals surface area (Å²) >= 11 is 5.94. The van der Waals surface area contributed by atoms with Crippen LogP contribution in [0.3, 0.4) is 0 Å². The van der Waals surface area contributed by atoms with Crippen LogP contribution in [-0.2, 0) is 0 Å². The summed E-state index contributed by atoms with van der Waals surface area (Å²) < 4.78 is 5.18. The summed E-state index contributed by atoms with van der Waals surface area (Å²) in [6.07, 6.45) is 3.13. The Balaban J connectivity index is 2.64. The zero-order valence-corrected chi connectivity index (χ0v) is 7.45. The first-order chi connectivity index (χ1) is 6.29. The molecule has 0 saturated heterocycles. The summed E-state index contributed by atoms with van der Waals surface area (Å²) in [7, 11) is 0. The fraction of sp³-hybridized carbons (Fsp3) is 0. The van der Waals surface area contributed by atoms with Gasteiger partial charge in [-0.1, -0.05) is 11.6 Å². The molecule has 0 unspecified atom stereocenters. The van der Waals surface area contributed by atoms with Crippen LogP contribution in [0.25, 0.3) is 11.3 Å². The van der Waals surface area contributed by atoms with Gasteiger partial charge in [0.05, 0.1) is 16.8 Å². The minimum absolute atomic E-state index is 0.377. The third-order valence-corrected chi connectivity index (χ3v) is 2.01. The molecule has 0 bridgehead atoms. The molecule has 0 aliphatic heterocycles. The number of aromatic nitrogens is 1. The standard InChI is InChI=1S/C9H7ClN2O/c10-6-3-4-12-9(11)8(6)7-2-1-5-13-7/h1-5H,(H2,11,12). The van der Waals surface area contributed by atoms with Gasteiger partial charge in [-0.2, -0.15) is 0 Å². The van der Waals surface area contributed by atoms with E-state index in [0.29, 0.717) is 22.2 Å². The largest absolute Gasteiger partial charge is 0.464 e. The van der Waals surface area contributed by atoms with Crippen molar-refractivity contribution in [2.24, 2.45) is 0 Å². The highest BCUT2D eigenvalue weighted by Crippen LogP contribution is 2.31. The molecule has 0 aromatic carbocycles. The molecule has 66 valence electrons. The average Bonchev–Trinajstić information content (AvgIpc) is 2.57. The Bertz CT molecular complexity index is 391. The van der Waals surface area contributed by atoms with Crippen molar-refractivity contribution in [3.05, 3.63) is 35.7 Å². The quantitative estimate of drug-likeness (QED) is 0.759. The molecule has 0 amide bonds. The van der Waals surface area contributed by atoms with Crippen LogP contribution in [0.5, 0.6) is 0 Å². The number of furan rings is 1. The van der Waals surface area contributed by atoms with Gasteiger partial charge in [-0.25, -0.2) is 4.98 Å². The van der Waals surface area contributed by atoms with E-state index in [4.69, 9.17) is 21.8 Å². The van der Waals surface area contributed by atoms with Crippen LogP contribution in [0.2, 0.25) is 5.02 Å². The molecule has 0 aliphatic rings. The van der Waals surface area contributed by atoms with E-state index in [2.05, 4.69) is 4.98 Å². The van der Waals surface area contributed by atoms with E-state index < -0.39 is 0 Å². The van der Waals surface area contributed by atoms with E-state index in [-0.39, 0.29) is 0 Å². The normalized spacial score (nSPS) is 10.2. The second-order valence-corrected chi connectivity index (χ2v) is 2.94. The topological polar surface area (TPSA) is 52.0 Å². The van der Waals surface area contributed by atoms with Gasteiger partial charge in [-0.3, -0.25) is 0 Å². The van der Waals surface area contributed by atoms with Crippen molar-refractivity contribution in [3.8, 4) is 11.3 Å². The summed E-state index contributed by atoms with van der Waals surface area (Å²) in [5.74, 6) is 1.01. The highest BCUT2D eigenvalue weighted by atomic mass is 35.5. The van der Waals surface area contributed by atoms with E-state index in [9.17, 15) is 0 Å². The average molecular weight is 195 g/mol. The van der Waals surface area contributed by atoms with Gasteiger partial charge in [0.1, 0.15) is 11.6 Å². The first-order valence-corrected chi connectivity index (χ1v) is 4.10. The van der Waals surface area contributed by atoms with E-state index in [1.54, 1.807) is 30.7 Å². The number of hydrogen-bond acceptors (Lipinski definition) is 3. The Labute approximate surface area is 80.1 Å². The lowest BCUT2D eigenvalue weighted by molar-refractivity contribution is 0.582. The summed E-state index contributed by atoms with van der Waals surface area (Å²) in [5, 5.41) is 0.544. The third kappa shape index (κ3) is 1.38. The first-order valence-electron chi connectivity index (χ1n) is 3.73. The van der Waals surface area contributed by atoms with E-state index in [0.717, 1.165) is 0 Å². The van der Waals surface area contributed by atoms with Crippen LogP contribution >= 0.6 is 11.6 Å². The van der Waals surface area contributed by atoms with Crippen molar-refractivity contribution in [2.75, 3.05) is 5.73 Å². The predicted molar refractivity (Wildman–Crippen MR) is 51.4 cm³/mol. The molecule has 0 aliphatic carbocycles. The molecule has 0 spiro atoms. The summed E-state index contributed by atoms with van der Waals surface area (Å²) in [6.45, 7) is 0.